The molecule has 1 heterocycles. The minimum atomic E-state index is -0.411. The van der Waals surface area contributed by atoms with E-state index in [1.165, 1.54) is 12.8 Å². The van der Waals surface area contributed by atoms with Gasteiger partial charge in [0.1, 0.15) is 0 Å². The van der Waals surface area contributed by atoms with Gasteiger partial charge in [0.05, 0.1) is 5.54 Å². The summed E-state index contributed by atoms with van der Waals surface area (Å²) in [6, 6.07) is 7.85. The van der Waals surface area contributed by atoms with Crippen LogP contribution < -0.4 is 11.1 Å². The lowest BCUT2D eigenvalue weighted by atomic mass is 9.77. The van der Waals surface area contributed by atoms with Crippen molar-refractivity contribution in [3.63, 3.8) is 0 Å². The topological polar surface area (TPSA) is 94.0 Å². The molecule has 1 aromatic carbocycles. The molecule has 0 unspecified atom stereocenters. The van der Waals surface area contributed by atoms with E-state index in [9.17, 15) is 4.79 Å². The molecule has 140 valence electrons. The number of halogens is 1. The molecule has 0 radical (unpaired) electrons. The predicted molar refractivity (Wildman–Crippen MR) is 101 cm³/mol. The summed E-state index contributed by atoms with van der Waals surface area (Å²) in [5, 5.41) is 7.08. The summed E-state index contributed by atoms with van der Waals surface area (Å²) in [5.74, 6) is 1.47. The number of benzene rings is 1. The van der Waals surface area contributed by atoms with Crippen LogP contribution in [0.1, 0.15) is 56.3 Å². The number of nitrogens with two attached hydrogens (primary N) is 1. The molecule has 7 heteroatoms. The van der Waals surface area contributed by atoms with Gasteiger partial charge in [0, 0.05) is 18.0 Å². The first-order valence-electron chi connectivity index (χ1n) is 9.14. The summed E-state index contributed by atoms with van der Waals surface area (Å²) in [6.07, 6.45) is 7.31. The van der Waals surface area contributed by atoms with Gasteiger partial charge in [-0.1, -0.05) is 30.1 Å². The van der Waals surface area contributed by atoms with E-state index in [0.29, 0.717) is 18.3 Å². The number of hydrogen-bond acceptors (Lipinski definition) is 5. The van der Waals surface area contributed by atoms with Crippen LogP contribution in [0.2, 0.25) is 0 Å². The molecule has 3 N–H and O–H groups in total. The molecule has 0 saturated heterocycles. The summed E-state index contributed by atoms with van der Waals surface area (Å²) >= 11 is 0. The highest BCUT2D eigenvalue weighted by Crippen LogP contribution is 2.37. The number of carbonyl (C=O) groups excluding carboxylic acids is 1. The van der Waals surface area contributed by atoms with E-state index in [1.54, 1.807) is 0 Å². The van der Waals surface area contributed by atoms with Crippen LogP contribution in [-0.2, 0) is 16.9 Å². The van der Waals surface area contributed by atoms with Crippen molar-refractivity contribution >= 4 is 18.3 Å². The van der Waals surface area contributed by atoms with Crippen molar-refractivity contribution in [2.75, 3.05) is 0 Å². The normalized spacial score (nSPS) is 18.8. The van der Waals surface area contributed by atoms with Gasteiger partial charge in [-0.2, -0.15) is 4.98 Å². The smallest absolute Gasteiger partial charge is 0.257 e. The van der Waals surface area contributed by atoms with Crippen LogP contribution in [0.15, 0.2) is 28.8 Å². The third-order valence-electron chi connectivity index (χ3n) is 5.51. The molecular weight excluding hydrogens is 352 g/mol. The van der Waals surface area contributed by atoms with Crippen LogP contribution in [0.3, 0.4) is 0 Å². The standard InChI is InChI=1S/C19H24N4O2.ClH/c20-19(10-3-11-19)18-22-17(25-23-18)15-8-6-13(7-9-15)12-21-16(24)14-4-1-2-5-14;/h6-9,14H,1-5,10-12,20H2,(H,21,24);1H. The molecule has 0 spiro atoms. The number of carbonyl (C=O) groups is 1. The average Bonchev–Trinajstić information content (AvgIpc) is 3.30. The fourth-order valence-corrected chi connectivity index (χ4v) is 3.61. The molecule has 1 amide bonds. The van der Waals surface area contributed by atoms with E-state index < -0.39 is 5.54 Å². The summed E-state index contributed by atoms with van der Waals surface area (Å²) < 4.78 is 5.37. The molecule has 1 aromatic heterocycles. The van der Waals surface area contributed by atoms with Gasteiger partial charge >= 0.3 is 0 Å². The highest BCUT2D eigenvalue weighted by Gasteiger charge is 2.39. The zero-order chi connectivity index (χ0) is 17.3. The van der Waals surface area contributed by atoms with Gasteiger partial charge in [0.2, 0.25) is 5.91 Å². The van der Waals surface area contributed by atoms with Crippen molar-refractivity contribution in [2.24, 2.45) is 11.7 Å². The number of aromatic nitrogens is 2. The molecule has 2 saturated carbocycles. The Balaban J connectivity index is 0.00000196. The Morgan fingerprint density at radius 1 is 1.19 bits per heavy atom. The zero-order valence-corrected chi connectivity index (χ0v) is 15.6. The monoisotopic (exact) mass is 376 g/mol. The Bertz CT molecular complexity index is 749. The third kappa shape index (κ3) is 3.76. The predicted octanol–water partition coefficient (Wildman–Crippen LogP) is 3.30. The fraction of sp³-hybridized carbons (Fsp3) is 0.526. The zero-order valence-electron chi connectivity index (χ0n) is 14.7. The van der Waals surface area contributed by atoms with Crippen molar-refractivity contribution in [1.29, 1.82) is 0 Å². The maximum absolute atomic E-state index is 12.1. The first-order chi connectivity index (χ1) is 12.1. The lowest BCUT2D eigenvalue weighted by molar-refractivity contribution is -0.124. The van der Waals surface area contributed by atoms with Crippen LogP contribution in [0.4, 0.5) is 0 Å². The van der Waals surface area contributed by atoms with Crippen molar-refractivity contribution < 1.29 is 9.32 Å². The van der Waals surface area contributed by atoms with Crippen molar-refractivity contribution in [3.8, 4) is 11.5 Å². The second-order valence-corrected chi connectivity index (χ2v) is 7.33. The third-order valence-corrected chi connectivity index (χ3v) is 5.51. The maximum atomic E-state index is 12.1. The largest absolute Gasteiger partial charge is 0.352 e. The Morgan fingerprint density at radius 2 is 1.88 bits per heavy atom. The van der Waals surface area contributed by atoms with Gasteiger partial charge in [0.15, 0.2) is 5.82 Å². The second-order valence-electron chi connectivity index (χ2n) is 7.33. The Labute approximate surface area is 159 Å². The van der Waals surface area contributed by atoms with Gasteiger partial charge < -0.3 is 15.6 Å². The van der Waals surface area contributed by atoms with E-state index in [0.717, 1.165) is 43.2 Å². The summed E-state index contributed by atoms with van der Waals surface area (Å²) in [6.45, 7) is 0.552. The van der Waals surface area contributed by atoms with Crippen LogP contribution >= 0.6 is 12.4 Å². The van der Waals surface area contributed by atoms with Gasteiger partial charge in [0.25, 0.3) is 5.89 Å². The first-order valence-corrected chi connectivity index (χ1v) is 9.14. The lowest BCUT2D eigenvalue weighted by Gasteiger charge is -2.34. The Hall–Kier alpha value is -1.92. The van der Waals surface area contributed by atoms with E-state index in [1.807, 2.05) is 24.3 Å². The van der Waals surface area contributed by atoms with Gasteiger partial charge in [-0.3, -0.25) is 4.79 Å². The molecular formula is C19H25ClN4O2. The first kappa shape index (κ1) is 18.9. The summed E-state index contributed by atoms with van der Waals surface area (Å²) in [7, 11) is 0. The maximum Gasteiger partial charge on any atom is 0.257 e. The molecule has 0 aliphatic heterocycles. The molecule has 26 heavy (non-hydrogen) atoms. The minimum Gasteiger partial charge on any atom is -0.352 e. The number of hydrogen-bond donors (Lipinski definition) is 2. The summed E-state index contributed by atoms with van der Waals surface area (Å²) in [4.78, 5) is 16.5. The molecule has 2 aliphatic carbocycles. The fourth-order valence-electron chi connectivity index (χ4n) is 3.61. The lowest BCUT2D eigenvalue weighted by Crippen LogP contribution is -2.44. The van der Waals surface area contributed by atoms with Crippen LogP contribution in [0, 0.1) is 5.92 Å². The molecule has 0 atom stereocenters. The SMILES string of the molecule is Cl.NC1(c2noc(-c3ccc(CNC(=O)C4CCCC4)cc3)n2)CCC1. The van der Waals surface area contributed by atoms with E-state index in [2.05, 4.69) is 15.5 Å². The van der Waals surface area contributed by atoms with Crippen molar-refractivity contribution in [3.05, 3.63) is 35.7 Å². The molecule has 4 rings (SSSR count). The Kier molecular flexibility index (Phi) is 5.63. The number of nitrogens with one attached hydrogen (secondary N) is 1. The number of nitrogens with zero attached hydrogens (tertiary/aromatic N) is 2. The second kappa shape index (κ2) is 7.76. The number of amides is 1. The van der Waals surface area contributed by atoms with E-state index in [4.69, 9.17) is 10.3 Å². The highest BCUT2D eigenvalue weighted by atomic mass is 35.5. The summed E-state index contributed by atoms with van der Waals surface area (Å²) in [5.41, 5.74) is 7.75. The quantitative estimate of drug-likeness (QED) is 0.834. The molecule has 2 aromatic rings. The van der Waals surface area contributed by atoms with Gasteiger partial charge in [-0.15, -0.1) is 12.4 Å². The molecule has 0 bridgehead atoms. The highest BCUT2D eigenvalue weighted by molar-refractivity contribution is 5.85. The molecule has 2 fully saturated rings. The van der Waals surface area contributed by atoms with Crippen LogP contribution in [0.25, 0.3) is 11.5 Å². The number of rotatable bonds is 5. The van der Waals surface area contributed by atoms with E-state index in [-0.39, 0.29) is 24.2 Å². The molecule has 2 aliphatic rings. The van der Waals surface area contributed by atoms with Crippen LogP contribution in [-0.4, -0.2) is 16.0 Å². The Morgan fingerprint density at radius 3 is 2.50 bits per heavy atom. The van der Waals surface area contributed by atoms with E-state index >= 15 is 0 Å². The van der Waals surface area contributed by atoms with Crippen molar-refractivity contribution in [2.45, 2.75) is 57.0 Å². The molecule has 6 nitrogen and oxygen atoms in total. The minimum absolute atomic E-state index is 0. The van der Waals surface area contributed by atoms with Gasteiger partial charge in [-0.25, -0.2) is 0 Å². The van der Waals surface area contributed by atoms with Crippen LogP contribution in [0.5, 0.6) is 0 Å². The average molecular weight is 377 g/mol. The van der Waals surface area contributed by atoms with Crippen molar-refractivity contribution in [1.82, 2.24) is 15.5 Å². The van der Waals surface area contributed by atoms with Gasteiger partial charge in [-0.05, 0) is 49.8 Å².